The summed E-state index contributed by atoms with van der Waals surface area (Å²) in [5.41, 5.74) is 1.33. The van der Waals surface area contributed by atoms with E-state index in [2.05, 4.69) is 10.00 Å². The van der Waals surface area contributed by atoms with Gasteiger partial charge in [0.05, 0.1) is 29.8 Å². The molecule has 3 heterocycles. The van der Waals surface area contributed by atoms with Gasteiger partial charge >= 0.3 is 0 Å². The van der Waals surface area contributed by atoms with Gasteiger partial charge in [0, 0.05) is 39.3 Å². The number of nitrogens with zero attached hydrogens (tertiary/aromatic N) is 4. The second-order valence-electron chi connectivity index (χ2n) is 6.73. The average Bonchev–Trinajstić information content (AvgIpc) is 3.10. The van der Waals surface area contributed by atoms with E-state index in [0.29, 0.717) is 38.5 Å². The topological polar surface area (TPSA) is 84.7 Å². The number of carbonyl (C=O) groups is 1. The lowest BCUT2D eigenvalue weighted by Gasteiger charge is -2.43. The lowest BCUT2D eigenvalue weighted by molar-refractivity contribution is 0.0239. The fraction of sp³-hybridized carbons (Fsp3) is 0.750. The number of piperazine rings is 1. The molecule has 2 saturated heterocycles. The number of sulfone groups is 1. The zero-order chi connectivity index (χ0) is 18.2. The number of amides is 1. The number of ether oxygens (including phenoxy) is 1. The molecule has 0 N–H and O–H groups in total. The Hall–Kier alpha value is -1.45. The SMILES string of the molecule is CCn1nc(C)cc1C(=O)N1CCN(CCOC)C2CS(=O)(=O)CC21. The smallest absolute Gasteiger partial charge is 0.272 e. The summed E-state index contributed by atoms with van der Waals surface area (Å²) in [5.74, 6) is 0.0181. The maximum atomic E-state index is 13.1. The lowest BCUT2D eigenvalue weighted by Crippen LogP contribution is -2.61. The van der Waals surface area contributed by atoms with Crippen molar-refractivity contribution in [3.05, 3.63) is 17.5 Å². The highest BCUT2D eigenvalue weighted by molar-refractivity contribution is 7.91. The quantitative estimate of drug-likeness (QED) is 0.713. The van der Waals surface area contributed by atoms with E-state index < -0.39 is 9.84 Å². The summed E-state index contributed by atoms with van der Waals surface area (Å²) in [6.07, 6.45) is 0. The van der Waals surface area contributed by atoms with Crippen molar-refractivity contribution in [1.29, 1.82) is 0 Å². The first kappa shape index (κ1) is 18.3. The standard InChI is InChI=1S/C16H26N4O4S/c1-4-20-13(9-12(2)17-20)16(21)19-6-5-18(7-8-24-3)14-10-25(22,23)11-15(14)19/h9,14-15H,4-8,10-11H2,1-3H3. The van der Waals surface area contributed by atoms with Gasteiger partial charge in [0.1, 0.15) is 5.69 Å². The molecule has 1 aromatic heterocycles. The van der Waals surface area contributed by atoms with E-state index in [1.165, 1.54) is 0 Å². The van der Waals surface area contributed by atoms with Gasteiger partial charge in [-0.05, 0) is 19.9 Å². The van der Waals surface area contributed by atoms with Crippen LogP contribution in [0.1, 0.15) is 23.1 Å². The molecule has 9 heteroatoms. The number of aryl methyl sites for hydroxylation is 2. The fourth-order valence-electron chi connectivity index (χ4n) is 3.87. The molecule has 25 heavy (non-hydrogen) atoms. The van der Waals surface area contributed by atoms with Crippen molar-refractivity contribution in [2.75, 3.05) is 44.9 Å². The van der Waals surface area contributed by atoms with Crippen LogP contribution in [0.4, 0.5) is 0 Å². The Morgan fingerprint density at radius 2 is 2.04 bits per heavy atom. The molecule has 0 radical (unpaired) electrons. The Morgan fingerprint density at radius 1 is 1.32 bits per heavy atom. The van der Waals surface area contributed by atoms with E-state index in [1.54, 1.807) is 22.8 Å². The Bertz CT molecular complexity index is 745. The van der Waals surface area contributed by atoms with Crippen molar-refractivity contribution in [3.63, 3.8) is 0 Å². The molecule has 140 valence electrons. The predicted molar refractivity (Wildman–Crippen MR) is 93.4 cm³/mol. The van der Waals surface area contributed by atoms with Crippen molar-refractivity contribution >= 4 is 15.7 Å². The molecule has 2 aliphatic heterocycles. The van der Waals surface area contributed by atoms with E-state index in [9.17, 15) is 13.2 Å². The van der Waals surface area contributed by atoms with Crippen LogP contribution in [0.25, 0.3) is 0 Å². The summed E-state index contributed by atoms with van der Waals surface area (Å²) >= 11 is 0. The summed E-state index contributed by atoms with van der Waals surface area (Å²) in [5, 5.41) is 4.34. The van der Waals surface area contributed by atoms with Gasteiger partial charge in [0.2, 0.25) is 0 Å². The average molecular weight is 370 g/mol. The van der Waals surface area contributed by atoms with Gasteiger partial charge in [-0.3, -0.25) is 14.4 Å². The van der Waals surface area contributed by atoms with Gasteiger partial charge in [-0.15, -0.1) is 0 Å². The molecule has 3 rings (SSSR count). The summed E-state index contributed by atoms with van der Waals surface area (Å²) in [7, 11) is -1.51. The van der Waals surface area contributed by atoms with Crippen LogP contribution in [0, 0.1) is 6.92 Å². The molecule has 2 fully saturated rings. The molecule has 2 aliphatic rings. The third-order valence-corrected chi connectivity index (χ3v) is 6.75. The minimum Gasteiger partial charge on any atom is -0.383 e. The second-order valence-corrected chi connectivity index (χ2v) is 8.88. The van der Waals surface area contributed by atoms with Crippen LogP contribution in [-0.4, -0.2) is 90.8 Å². The first-order chi connectivity index (χ1) is 11.9. The van der Waals surface area contributed by atoms with E-state index in [0.717, 1.165) is 5.69 Å². The molecule has 1 amide bonds. The molecular weight excluding hydrogens is 344 g/mol. The minimum atomic E-state index is -3.14. The first-order valence-corrected chi connectivity index (χ1v) is 10.5. The molecule has 2 unspecified atom stereocenters. The summed E-state index contributed by atoms with van der Waals surface area (Å²) in [6.45, 7) is 6.82. The zero-order valence-corrected chi connectivity index (χ0v) is 15.8. The third-order valence-electron chi connectivity index (χ3n) is 5.06. The Labute approximate surface area is 148 Å². The van der Waals surface area contributed by atoms with Gasteiger partial charge in [-0.25, -0.2) is 8.42 Å². The number of methoxy groups -OCH3 is 1. The van der Waals surface area contributed by atoms with Crippen LogP contribution in [0.2, 0.25) is 0 Å². The molecule has 1 aromatic rings. The monoisotopic (exact) mass is 370 g/mol. The predicted octanol–water partition coefficient (Wildman–Crippen LogP) is -0.219. The van der Waals surface area contributed by atoms with Crippen LogP contribution in [0.15, 0.2) is 6.07 Å². The zero-order valence-electron chi connectivity index (χ0n) is 15.0. The Morgan fingerprint density at radius 3 is 2.72 bits per heavy atom. The van der Waals surface area contributed by atoms with Gasteiger partial charge in [-0.1, -0.05) is 0 Å². The van der Waals surface area contributed by atoms with Crippen molar-refractivity contribution in [1.82, 2.24) is 19.6 Å². The van der Waals surface area contributed by atoms with E-state index >= 15 is 0 Å². The molecular formula is C16H26N4O4S. The molecule has 0 bridgehead atoms. The van der Waals surface area contributed by atoms with Crippen LogP contribution >= 0.6 is 0 Å². The number of hydrogen-bond donors (Lipinski definition) is 0. The number of rotatable bonds is 5. The van der Waals surface area contributed by atoms with Crippen LogP contribution in [0.5, 0.6) is 0 Å². The number of carbonyl (C=O) groups excluding carboxylic acids is 1. The van der Waals surface area contributed by atoms with Crippen LogP contribution < -0.4 is 0 Å². The molecule has 2 atom stereocenters. The summed E-state index contributed by atoms with van der Waals surface area (Å²) in [6, 6.07) is 1.32. The number of fused-ring (bicyclic) bond motifs is 1. The Kier molecular flexibility index (Phi) is 5.17. The van der Waals surface area contributed by atoms with E-state index in [4.69, 9.17) is 4.74 Å². The maximum Gasteiger partial charge on any atom is 0.272 e. The largest absolute Gasteiger partial charge is 0.383 e. The van der Waals surface area contributed by atoms with Crippen LogP contribution in [-0.2, 0) is 21.1 Å². The van der Waals surface area contributed by atoms with Gasteiger partial charge in [0.25, 0.3) is 5.91 Å². The van der Waals surface area contributed by atoms with Gasteiger partial charge in [-0.2, -0.15) is 5.10 Å². The van der Waals surface area contributed by atoms with E-state index in [-0.39, 0.29) is 29.5 Å². The second kappa shape index (κ2) is 7.05. The fourth-order valence-corrected chi connectivity index (χ4v) is 5.88. The highest BCUT2D eigenvalue weighted by Gasteiger charge is 2.48. The molecule has 0 saturated carbocycles. The van der Waals surface area contributed by atoms with Crippen molar-refractivity contribution in [3.8, 4) is 0 Å². The summed E-state index contributed by atoms with van der Waals surface area (Å²) in [4.78, 5) is 17.0. The van der Waals surface area contributed by atoms with Crippen molar-refractivity contribution in [2.24, 2.45) is 0 Å². The van der Waals surface area contributed by atoms with Crippen molar-refractivity contribution in [2.45, 2.75) is 32.5 Å². The molecule has 0 aromatic carbocycles. The molecule has 0 aliphatic carbocycles. The molecule has 8 nitrogen and oxygen atoms in total. The summed E-state index contributed by atoms with van der Waals surface area (Å²) < 4.78 is 31.3. The maximum absolute atomic E-state index is 13.1. The molecule has 0 spiro atoms. The Balaban J connectivity index is 1.86. The lowest BCUT2D eigenvalue weighted by atomic mass is 10.0. The van der Waals surface area contributed by atoms with E-state index in [1.807, 2.05) is 13.8 Å². The number of aromatic nitrogens is 2. The highest BCUT2D eigenvalue weighted by atomic mass is 32.2. The third kappa shape index (κ3) is 3.58. The minimum absolute atomic E-state index is 0.0339. The van der Waals surface area contributed by atoms with Gasteiger partial charge in [0.15, 0.2) is 9.84 Å². The van der Waals surface area contributed by atoms with Crippen LogP contribution in [0.3, 0.4) is 0 Å². The highest BCUT2D eigenvalue weighted by Crippen LogP contribution is 2.28. The normalized spacial score (nSPS) is 26.0. The first-order valence-electron chi connectivity index (χ1n) is 8.65. The van der Waals surface area contributed by atoms with Crippen molar-refractivity contribution < 1.29 is 17.9 Å². The van der Waals surface area contributed by atoms with Gasteiger partial charge < -0.3 is 9.64 Å². The number of hydrogen-bond acceptors (Lipinski definition) is 6.